The van der Waals surface area contributed by atoms with E-state index in [4.69, 9.17) is 0 Å². The standard InChI is InChI=1S/C31H43N5O2/c1-24-12-14-25(15-13-24)32-31(38)33-26-16-18-35(19-17-26)29-11-7-6-10-28(29)30(37)36-22-20-34(21-23-36)27-8-4-2-3-5-9-27/h6-7,10-15,26-27H,2-5,8-9,16-23H2,1H3,(H2,32,33,38). The van der Waals surface area contributed by atoms with E-state index in [0.29, 0.717) is 6.04 Å². The van der Waals surface area contributed by atoms with Crippen LogP contribution in [0.25, 0.3) is 0 Å². The molecule has 2 aromatic rings. The molecule has 0 unspecified atom stereocenters. The number of aryl methyl sites for hydroxylation is 1. The first-order chi connectivity index (χ1) is 18.6. The summed E-state index contributed by atoms with van der Waals surface area (Å²) in [6, 6.07) is 16.5. The molecule has 7 nitrogen and oxygen atoms in total. The number of piperidine rings is 1. The maximum absolute atomic E-state index is 13.6. The lowest BCUT2D eigenvalue weighted by atomic mass is 10.0. The van der Waals surface area contributed by atoms with Gasteiger partial charge in [0.2, 0.25) is 0 Å². The van der Waals surface area contributed by atoms with Crippen LogP contribution in [0.4, 0.5) is 16.2 Å². The highest BCUT2D eigenvalue weighted by molar-refractivity contribution is 6.00. The van der Waals surface area contributed by atoms with E-state index in [1.807, 2.05) is 49.4 Å². The number of hydrogen-bond acceptors (Lipinski definition) is 4. The van der Waals surface area contributed by atoms with E-state index in [-0.39, 0.29) is 18.0 Å². The molecule has 7 heteroatoms. The normalized spacial score (nSPS) is 20.1. The number of nitrogens with one attached hydrogen (secondary N) is 2. The molecule has 3 fully saturated rings. The predicted octanol–water partition coefficient (Wildman–Crippen LogP) is 5.27. The Balaban J connectivity index is 1.13. The Morgan fingerprint density at radius 2 is 1.42 bits per heavy atom. The Hall–Kier alpha value is -3.06. The number of rotatable bonds is 5. The van der Waals surface area contributed by atoms with Gasteiger partial charge in [0, 0.05) is 62.7 Å². The number of carbonyl (C=O) groups is 2. The number of piperazine rings is 1. The van der Waals surface area contributed by atoms with Crippen LogP contribution in [0.1, 0.15) is 67.3 Å². The van der Waals surface area contributed by atoms with Gasteiger partial charge in [-0.1, -0.05) is 55.5 Å². The molecule has 0 aromatic heterocycles. The zero-order valence-electron chi connectivity index (χ0n) is 22.8. The molecule has 0 atom stereocenters. The van der Waals surface area contributed by atoms with Gasteiger partial charge in [-0.2, -0.15) is 0 Å². The molecule has 2 heterocycles. The van der Waals surface area contributed by atoms with Crippen LogP contribution >= 0.6 is 0 Å². The first-order valence-corrected chi connectivity index (χ1v) is 14.6. The Kier molecular flexibility index (Phi) is 8.84. The van der Waals surface area contributed by atoms with Gasteiger partial charge in [-0.05, 0) is 56.9 Å². The number of amides is 3. The summed E-state index contributed by atoms with van der Waals surface area (Å²) in [5, 5.41) is 6.05. The lowest BCUT2D eigenvalue weighted by Crippen LogP contribution is -2.52. The Morgan fingerprint density at radius 1 is 0.763 bits per heavy atom. The van der Waals surface area contributed by atoms with Crippen molar-refractivity contribution in [2.75, 3.05) is 49.5 Å². The number of hydrogen-bond donors (Lipinski definition) is 2. The average molecular weight is 518 g/mol. The van der Waals surface area contributed by atoms with Crippen molar-refractivity contribution in [1.82, 2.24) is 15.1 Å². The smallest absolute Gasteiger partial charge is 0.319 e. The first-order valence-electron chi connectivity index (χ1n) is 14.6. The van der Waals surface area contributed by atoms with Crippen LogP contribution in [0.5, 0.6) is 0 Å². The second kappa shape index (κ2) is 12.7. The van der Waals surface area contributed by atoms with Crippen molar-refractivity contribution in [3.8, 4) is 0 Å². The largest absolute Gasteiger partial charge is 0.371 e. The lowest BCUT2D eigenvalue weighted by Gasteiger charge is -2.40. The van der Waals surface area contributed by atoms with E-state index in [1.165, 1.54) is 44.1 Å². The fourth-order valence-electron chi connectivity index (χ4n) is 6.27. The summed E-state index contributed by atoms with van der Waals surface area (Å²) in [6.45, 7) is 7.25. The molecule has 204 valence electrons. The minimum atomic E-state index is -0.161. The third-order valence-electron chi connectivity index (χ3n) is 8.56. The molecule has 1 aliphatic carbocycles. The fraction of sp³-hybridized carbons (Fsp3) is 0.548. The fourth-order valence-corrected chi connectivity index (χ4v) is 6.27. The third-order valence-corrected chi connectivity index (χ3v) is 8.56. The molecule has 0 bridgehead atoms. The first kappa shape index (κ1) is 26.5. The van der Waals surface area contributed by atoms with Gasteiger partial charge < -0.3 is 20.4 Å². The molecule has 0 radical (unpaired) electrons. The second-order valence-corrected chi connectivity index (χ2v) is 11.2. The number of nitrogens with zero attached hydrogens (tertiary/aromatic N) is 3. The molecule has 2 aliphatic heterocycles. The minimum Gasteiger partial charge on any atom is -0.371 e. The minimum absolute atomic E-state index is 0.122. The molecule has 2 saturated heterocycles. The van der Waals surface area contributed by atoms with Crippen LogP contribution in [0.3, 0.4) is 0 Å². The van der Waals surface area contributed by atoms with E-state index in [9.17, 15) is 9.59 Å². The highest BCUT2D eigenvalue weighted by Crippen LogP contribution is 2.27. The maximum atomic E-state index is 13.6. The van der Waals surface area contributed by atoms with Crippen LogP contribution in [-0.4, -0.2) is 73.1 Å². The molecule has 38 heavy (non-hydrogen) atoms. The number of carbonyl (C=O) groups excluding carboxylic acids is 2. The number of anilines is 2. The van der Waals surface area contributed by atoms with Gasteiger partial charge in [0.05, 0.1) is 5.56 Å². The molecular weight excluding hydrogens is 474 g/mol. The van der Waals surface area contributed by atoms with Crippen molar-refractivity contribution in [1.29, 1.82) is 0 Å². The van der Waals surface area contributed by atoms with Crippen molar-refractivity contribution in [2.24, 2.45) is 0 Å². The maximum Gasteiger partial charge on any atom is 0.319 e. The Bertz CT molecular complexity index is 1060. The van der Waals surface area contributed by atoms with Crippen LogP contribution in [-0.2, 0) is 0 Å². The summed E-state index contributed by atoms with van der Waals surface area (Å²) in [4.78, 5) is 33.1. The summed E-state index contributed by atoms with van der Waals surface area (Å²) in [5.41, 5.74) is 3.79. The molecule has 3 amide bonds. The van der Waals surface area contributed by atoms with Gasteiger partial charge >= 0.3 is 6.03 Å². The number of urea groups is 1. The van der Waals surface area contributed by atoms with Crippen molar-refractivity contribution in [2.45, 2.75) is 70.4 Å². The summed E-state index contributed by atoms with van der Waals surface area (Å²) in [5.74, 6) is 0.152. The summed E-state index contributed by atoms with van der Waals surface area (Å²) in [6.07, 6.45) is 9.78. The second-order valence-electron chi connectivity index (χ2n) is 11.2. The van der Waals surface area contributed by atoms with Crippen molar-refractivity contribution < 1.29 is 9.59 Å². The highest BCUT2D eigenvalue weighted by atomic mass is 16.2. The summed E-state index contributed by atoms with van der Waals surface area (Å²) >= 11 is 0. The van der Waals surface area contributed by atoms with Gasteiger partial charge in [0.15, 0.2) is 0 Å². The van der Waals surface area contributed by atoms with E-state index < -0.39 is 0 Å². The van der Waals surface area contributed by atoms with Crippen molar-refractivity contribution in [3.05, 3.63) is 59.7 Å². The van der Waals surface area contributed by atoms with E-state index in [2.05, 4.69) is 31.4 Å². The molecule has 2 aromatic carbocycles. The zero-order chi connectivity index (χ0) is 26.3. The van der Waals surface area contributed by atoms with Crippen molar-refractivity contribution >= 4 is 23.3 Å². The van der Waals surface area contributed by atoms with Gasteiger partial charge in [0.25, 0.3) is 5.91 Å². The van der Waals surface area contributed by atoms with Gasteiger partial charge in [-0.25, -0.2) is 4.79 Å². The molecule has 2 N–H and O–H groups in total. The number of benzene rings is 2. The SMILES string of the molecule is Cc1ccc(NC(=O)NC2CCN(c3ccccc3C(=O)N3CCN(C4CCCCCC4)CC3)CC2)cc1. The molecule has 0 spiro atoms. The van der Waals surface area contributed by atoms with E-state index in [1.54, 1.807) is 0 Å². The van der Waals surface area contributed by atoms with Crippen LogP contribution in [0, 0.1) is 6.92 Å². The number of para-hydroxylation sites is 1. The molecule has 5 rings (SSSR count). The Labute approximate surface area is 227 Å². The van der Waals surface area contributed by atoms with Gasteiger partial charge in [-0.15, -0.1) is 0 Å². The molecule has 3 aliphatic rings. The van der Waals surface area contributed by atoms with Crippen LogP contribution in [0.2, 0.25) is 0 Å². The Morgan fingerprint density at radius 3 is 2.11 bits per heavy atom. The van der Waals surface area contributed by atoms with Gasteiger partial charge in [-0.3, -0.25) is 9.69 Å². The summed E-state index contributed by atoms with van der Waals surface area (Å²) in [7, 11) is 0. The lowest BCUT2D eigenvalue weighted by molar-refractivity contribution is 0.0552. The van der Waals surface area contributed by atoms with Gasteiger partial charge in [0.1, 0.15) is 0 Å². The third kappa shape index (κ3) is 6.68. The monoisotopic (exact) mass is 517 g/mol. The highest BCUT2D eigenvalue weighted by Gasteiger charge is 2.29. The predicted molar refractivity (Wildman–Crippen MR) is 154 cm³/mol. The average Bonchev–Trinajstić information content (AvgIpc) is 3.24. The topological polar surface area (TPSA) is 67.9 Å². The quantitative estimate of drug-likeness (QED) is 0.531. The van der Waals surface area contributed by atoms with E-state index in [0.717, 1.165) is 69.0 Å². The van der Waals surface area contributed by atoms with Crippen LogP contribution in [0.15, 0.2) is 48.5 Å². The van der Waals surface area contributed by atoms with Crippen molar-refractivity contribution in [3.63, 3.8) is 0 Å². The van der Waals surface area contributed by atoms with E-state index >= 15 is 0 Å². The zero-order valence-corrected chi connectivity index (χ0v) is 22.8. The van der Waals surface area contributed by atoms with Crippen LogP contribution < -0.4 is 15.5 Å². The summed E-state index contributed by atoms with van der Waals surface area (Å²) < 4.78 is 0. The molecular formula is C31H43N5O2. The molecule has 1 saturated carbocycles.